The van der Waals surface area contributed by atoms with Crippen LogP contribution in [0.2, 0.25) is 0 Å². The van der Waals surface area contributed by atoms with Gasteiger partial charge < -0.3 is 0 Å². The van der Waals surface area contributed by atoms with Crippen LogP contribution in [0.4, 0.5) is 4.39 Å². The molecule has 0 bridgehead atoms. The third-order valence-corrected chi connectivity index (χ3v) is 2.72. The highest BCUT2D eigenvalue weighted by atomic mass is 19.1. The molecule has 0 radical (unpaired) electrons. The monoisotopic (exact) mass is 230 g/mol. The molecule has 17 heavy (non-hydrogen) atoms. The molecule has 1 aromatic heterocycles. The Kier molecular flexibility index (Phi) is 3.18. The summed E-state index contributed by atoms with van der Waals surface area (Å²) in [5.74, 6) is 0.173. The van der Waals surface area contributed by atoms with Crippen molar-refractivity contribution >= 4 is 0 Å². The summed E-state index contributed by atoms with van der Waals surface area (Å²) < 4.78 is 13.1. The Morgan fingerprint density at radius 3 is 2.41 bits per heavy atom. The topological polar surface area (TPSA) is 25.8 Å². The van der Waals surface area contributed by atoms with Gasteiger partial charge in [0.15, 0.2) is 0 Å². The average molecular weight is 230 g/mol. The first kappa shape index (κ1) is 11.7. The molecule has 0 aliphatic carbocycles. The third kappa shape index (κ3) is 2.49. The van der Waals surface area contributed by atoms with E-state index in [0.717, 1.165) is 17.0 Å². The highest BCUT2D eigenvalue weighted by Crippen LogP contribution is 2.20. The zero-order chi connectivity index (χ0) is 12.4. The number of aromatic nitrogens is 2. The second kappa shape index (κ2) is 4.62. The minimum Gasteiger partial charge on any atom is -0.257 e. The van der Waals surface area contributed by atoms with Crippen molar-refractivity contribution in [2.24, 2.45) is 0 Å². The van der Waals surface area contributed by atoms with Crippen LogP contribution in [0.25, 0.3) is 11.3 Å². The minimum atomic E-state index is -0.194. The minimum absolute atomic E-state index is 0.194. The second-order valence-electron chi connectivity index (χ2n) is 4.45. The lowest BCUT2D eigenvalue weighted by Crippen LogP contribution is -1.95. The van der Waals surface area contributed by atoms with Crippen LogP contribution in [0, 0.1) is 12.7 Å². The maximum absolute atomic E-state index is 13.1. The van der Waals surface area contributed by atoms with Gasteiger partial charge in [0.25, 0.3) is 0 Å². The molecule has 88 valence electrons. The summed E-state index contributed by atoms with van der Waals surface area (Å²) in [6.07, 6.45) is 3.51. The Morgan fingerprint density at radius 1 is 1.12 bits per heavy atom. The van der Waals surface area contributed by atoms with E-state index >= 15 is 0 Å². The molecule has 3 heteroatoms. The van der Waals surface area contributed by atoms with E-state index in [1.165, 1.54) is 6.07 Å². The highest BCUT2D eigenvalue weighted by Gasteiger charge is 2.05. The quantitative estimate of drug-likeness (QED) is 0.785. The van der Waals surface area contributed by atoms with Crippen molar-refractivity contribution in [3.05, 3.63) is 47.7 Å². The van der Waals surface area contributed by atoms with Crippen LogP contribution < -0.4 is 0 Å². The van der Waals surface area contributed by atoms with Gasteiger partial charge in [-0.15, -0.1) is 0 Å². The molecule has 0 saturated heterocycles. The molecule has 1 aromatic carbocycles. The molecule has 1 heterocycles. The molecule has 0 fully saturated rings. The number of aryl methyl sites for hydroxylation is 1. The first-order chi connectivity index (χ1) is 8.08. The summed E-state index contributed by atoms with van der Waals surface area (Å²) in [5.41, 5.74) is 3.26. The van der Waals surface area contributed by atoms with Gasteiger partial charge >= 0.3 is 0 Å². The average Bonchev–Trinajstić information content (AvgIpc) is 2.33. The lowest BCUT2D eigenvalue weighted by Gasteiger charge is -2.06. The van der Waals surface area contributed by atoms with Crippen LogP contribution in [0.3, 0.4) is 0 Å². The maximum atomic E-state index is 13.1. The molecule has 0 unspecified atom stereocenters. The predicted molar refractivity (Wildman–Crippen MR) is 66.3 cm³/mol. The zero-order valence-electron chi connectivity index (χ0n) is 10.2. The van der Waals surface area contributed by atoms with E-state index in [1.807, 2.05) is 0 Å². The standard InChI is InChI=1S/C14H15FN2/c1-9(2)13-7-17-14(8-16-13)11-4-5-12(15)10(3)6-11/h4-9H,1-3H3. The SMILES string of the molecule is Cc1cc(-c2cnc(C(C)C)cn2)ccc1F. The maximum Gasteiger partial charge on any atom is 0.126 e. The van der Waals surface area contributed by atoms with Crippen molar-refractivity contribution in [2.75, 3.05) is 0 Å². The Balaban J connectivity index is 2.36. The van der Waals surface area contributed by atoms with Crippen molar-refractivity contribution < 1.29 is 4.39 Å². The van der Waals surface area contributed by atoms with E-state index in [-0.39, 0.29) is 5.82 Å². The van der Waals surface area contributed by atoms with Gasteiger partial charge in [-0.05, 0) is 36.6 Å². The lowest BCUT2D eigenvalue weighted by molar-refractivity contribution is 0.618. The summed E-state index contributed by atoms with van der Waals surface area (Å²) in [6.45, 7) is 5.90. The molecule has 0 spiro atoms. The normalized spacial score (nSPS) is 10.9. The molecule has 2 nitrogen and oxygen atoms in total. The van der Waals surface area contributed by atoms with Crippen LogP contribution in [-0.4, -0.2) is 9.97 Å². The Labute approximate surface area is 101 Å². The van der Waals surface area contributed by atoms with Gasteiger partial charge in [0.2, 0.25) is 0 Å². The van der Waals surface area contributed by atoms with Crippen LogP contribution in [-0.2, 0) is 0 Å². The largest absolute Gasteiger partial charge is 0.257 e. The summed E-state index contributed by atoms with van der Waals surface area (Å²) >= 11 is 0. The van der Waals surface area contributed by atoms with E-state index in [0.29, 0.717) is 11.5 Å². The van der Waals surface area contributed by atoms with E-state index in [1.54, 1.807) is 31.5 Å². The van der Waals surface area contributed by atoms with Gasteiger partial charge in [0.05, 0.1) is 17.6 Å². The second-order valence-corrected chi connectivity index (χ2v) is 4.45. The molecule has 0 amide bonds. The Hall–Kier alpha value is -1.77. The number of hydrogen-bond donors (Lipinski definition) is 0. The fraction of sp³-hybridized carbons (Fsp3) is 0.286. The molecule has 0 aliphatic heterocycles. The lowest BCUT2D eigenvalue weighted by atomic mass is 10.1. The van der Waals surface area contributed by atoms with Crippen molar-refractivity contribution in [3.63, 3.8) is 0 Å². The predicted octanol–water partition coefficient (Wildman–Crippen LogP) is 3.71. The van der Waals surface area contributed by atoms with Crippen molar-refractivity contribution in [3.8, 4) is 11.3 Å². The van der Waals surface area contributed by atoms with E-state index in [4.69, 9.17) is 0 Å². The van der Waals surface area contributed by atoms with E-state index in [9.17, 15) is 4.39 Å². The summed E-state index contributed by atoms with van der Waals surface area (Å²) in [7, 11) is 0. The van der Waals surface area contributed by atoms with Crippen molar-refractivity contribution in [1.29, 1.82) is 0 Å². The van der Waals surface area contributed by atoms with Crippen LogP contribution in [0.1, 0.15) is 31.0 Å². The number of nitrogens with zero attached hydrogens (tertiary/aromatic N) is 2. The molecular formula is C14H15FN2. The molecule has 2 rings (SSSR count). The van der Waals surface area contributed by atoms with Crippen LogP contribution >= 0.6 is 0 Å². The van der Waals surface area contributed by atoms with Gasteiger partial charge in [-0.3, -0.25) is 9.97 Å². The fourth-order valence-corrected chi connectivity index (χ4v) is 1.59. The van der Waals surface area contributed by atoms with Gasteiger partial charge in [-0.1, -0.05) is 13.8 Å². The first-order valence-corrected chi connectivity index (χ1v) is 5.66. The first-order valence-electron chi connectivity index (χ1n) is 5.66. The molecule has 2 aromatic rings. The fourth-order valence-electron chi connectivity index (χ4n) is 1.59. The number of rotatable bonds is 2. The summed E-state index contributed by atoms with van der Waals surface area (Å²) in [4.78, 5) is 8.71. The van der Waals surface area contributed by atoms with Crippen molar-refractivity contribution in [2.45, 2.75) is 26.7 Å². The molecular weight excluding hydrogens is 215 g/mol. The van der Waals surface area contributed by atoms with E-state index < -0.39 is 0 Å². The molecule has 0 N–H and O–H groups in total. The van der Waals surface area contributed by atoms with Crippen LogP contribution in [0.5, 0.6) is 0 Å². The number of benzene rings is 1. The summed E-state index contributed by atoms with van der Waals surface area (Å²) in [5, 5.41) is 0. The van der Waals surface area contributed by atoms with Gasteiger partial charge in [0, 0.05) is 11.8 Å². The van der Waals surface area contributed by atoms with Crippen molar-refractivity contribution in [1.82, 2.24) is 9.97 Å². The number of hydrogen-bond acceptors (Lipinski definition) is 2. The molecule has 0 atom stereocenters. The Morgan fingerprint density at radius 2 is 1.88 bits per heavy atom. The Bertz CT molecular complexity index is 518. The van der Waals surface area contributed by atoms with E-state index in [2.05, 4.69) is 23.8 Å². The van der Waals surface area contributed by atoms with Gasteiger partial charge in [-0.25, -0.2) is 4.39 Å². The van der Waals surface area contributed by atoms with Gasteiger partial charge in [-0.2, -0.15) is 0 Å². The third-order valence-electron chi connectivity index (χ3n) is 2.72. The highest BCUT2D eigenvalue weighted by molar-refractivity contribution is 5.59. The zero-order valence-corrected chi connectivity index (χ0v) is 10.2. The molecule has 0 aliphatic rings. The van der Waals surface area contributed by atoms with Gasteiger partial charge in [0.1, 0.15) is 5.82 Å². The summed E-state index contributed by atoms with van der Waals surface area (Å²) in [6, 6.07) is 4.97. The van der Waals surface area contributed by atoms with Crippen LogP contribution in [0.15, 0.2) is 30.6 Å². The smallest absolute Gasteiger partial charge is 0.126 e. The molecule has 0 saturated carbocycles. The number of halogens is 1.